The van der Waals surface area contributed by atoms with Crippen LogP contribution in [-0.4, -0.2) is 16.6 Å². The SMILES string of the molecule is CC1CCc2nc(SCCC(=O)Nc3ccc(I)cc3)c(C#N)cc2C1. The lowest BCUT2D eigenvalue weighted by atomic mass is 9.87. The number of halogens is 1. The third-order valence-electron chi connectivity index (χ3n) is 4.41. The number of carbonyl (C=O) groups is 1. The number of carbonyl (C=O) groups excluding carboxylic acids is 1. The van der Waals surface area contributed by atoms with Crippen LogP contribution in [0.25, 0.3) is 0 Å². The second-order valence-electron chi connectivity index (χ2n) is 6.56. The molecule has 0 spiro atoms. The fourth-order valence-electron chi connectivity index (χ4n) is 3.01. The minimum atomic E-state index is -0.0241. The summed E-state index contributed by atoms with van der Waals surface area (Å²) in [6.45, 7) is 2.24. The van der Waals surface area contributed by atoms with Gasteiger partial charge in [-0.15, -0.1) is 11.8 Å². The molecule has 0 bridgehead atoms. The number of fused-ring (bicyclic) bond motifs is 1. The number of anilines is 1. The molecule has 1 aromatic heterocycles. The van der Waals surface area contributed by atoms with Gasteiger partial charge in [0.2, 0.25) is 5.91 Å². The molecule has 0 fully saturated rings. The van der Waals surface area contributed by atoms with E-state index in [0.29, 0.717) is 23.7 Å². The Morgan fingerprint density at radius 1 is 1.42 bits per heavy atom. The first-order valence-corrected chi connectivity index (χ1v) is 10.7. The van der Waals surface area contributed by atoms with Crippen molar-refractivity contribution in [2.24, 2.45) is 5.92 Å². The van der Waals surface area contributed by atoms with E-state index < -0.39 is 0 Å². The van der Waals surface area contributed by atoms with Crippen LogP contribution >= 0.6 is 34.4 Å². The Bertz CT molecular complexity index is 845. The van der Waals surface area contributed by atoms with Gasteiger partial charge in [-0.25, -0.2) is 4.98 Å². The van der Waals surface area contributed by atoms with Crippen molar-refractivity contribution in [1.29, 1.82) is 5.26 Å². The first-order chi connectivity index (χ1) is 12.5. The summed E-state index contributed by atoms with van der Waals surface area (Å²) in [5, 5.41) is 13.1. The van der Waals surface area contributed by atoms with E-state index in [2.05, 4.69) is 40.9 Å². The van der Waals surface area contributed by atoms with Gasteiger partial charge >= 0.3 is 0 Å². The van der Waals surface area contributed by atoms with Crippen LogP contribution in [0.4, 0.5) is 5.69 Å². The lowest BCUT2D eigenvalue weighted by Crippen LogP contribution is -2.14. The third kappa shape index (κ3) is 4.98. The van der Waals surface area contributed by atoms with Gasteiger partial charge in [-0.1, -0.05) is 6.92 Å². The third-order valence-corrected chi connectivity index (χ3v) is 6.13. The van der Waals surface area contributed by atoms with Crippen molar-refractivity contribution in [3.05, 3.63) is 50.7 Å². The number of aromatic nitrogens is 1. The van der Waals surface area contributed by atoms with Gasteiger partial charge < -0.3 is 5.32 Å². The molecule has 0 saturated carbocycles. The zero-order chi connectivity index (χ0) is 18.5. The first-order valence-electron chi connectivity index (χ1n) is 8.66. The largest absolute Gasteiger partial charge is 0.326 e. The minimum Gasteiger partial charge on any atom is -0.326 e. The lowest BCUT2D eigenvalue weighted by molar-refractivity contribution is -0.115. The molecule has 3 rings (SSSR count). The van der Waals surface area contributed by atoms with Crippen molar-refractivity contribution in [3.8, 4) is 6.07 Å². The molecule has 6 heteroatoms. The molecule has 1 aromatic carbocycles. The van der Waals surface area contributed by atoms with Crippen molar-refractivity contribution >= 4 is 45.9 Å². The van der Waals surface area contributed by atoms with Gasteiger partial charge in [-0.2, -0.15) is 5.26 Å². The number of benzene rings is 1. The number of hydrogen-bond acceptors (Lipinski definition) is 4. The summed E-state index contributed by atoms with van der Waals surface area (Å²) in [4.78, 5) is 16.8. The predicted molar refractivity (Wildman–Crippen MR) is 113 cm³/mol. The van der Waals surface area contributed by atoms with E-state index in [9.17, 15) is 10.1 Å². The van der Waals surface area contributed by atoms with Gasteiger partial charge in [-0.05, 0) is 83.7 Å². The van der Waals surface area contributed by atoms with Crippen molar-refractivity contribution in [2.45, 2.75) is 37.6 Å². The molecule has 2 aromatic rings. The number of amides is 1. The molecule has 26 heavy (non-hydrogen) atoms. The number of nitrogens with zero attached hydrogens (tertiary/aromatic N) is 2. The standard InChI is InChI=1S/C20H20IN3OS/c1-13-2-7-18-14(10-13)11-15(12-22)20(24-18)26-9-8-19(25)23-17-5-3-16(21)4-6-17/h3-6,11,13H,2,7-10H2,1H3,(H,23,25). The van der Waals surface area contributed by atoms with Gasteiger partial charge in [0.1, 0.15) is 11.1 Å². The number of pyridine rings is 1. The maximum Gasteiger partial charge on any atom is 0.225 e. The quantitative estimate of drug-likeness (QED) is 0.496. The average Bonchev–Trinajstić information content (AvgIpc) is 2.63. The van der Waals surface area contributed by atoms with Crippen LogP contribution in [0.3, 0.4) is 0 Å². The highest BCUT2D eigenvalue weighted by molar-refractivity contribution is 14.1. The van der Waals surface area contributed by atoms with Crippen molar-refractivity contribution in [3.63, 3.8) is 0 Å². The zero-order valence-corrected chi connectivity index (χ0v) is 17.6. The highest BCUT2D eigenvalue weighted by Gasteiger charge is 2.19. The topological polar surface area (TPSA) is 65.8 Å². The molecule has 134 valence electrons. The molecular formula is C20H20IN3OS. The Kier molecular flexibility index (Phi) is 6.54. The summed E-state index contributed by atoms with van der Waals surface area (Å²) in [5.41, 5.74) is 3.76. The normalized spacial score (nSPS) is 15.8. The van der Waals surface area contributed by atoms with E-state index in [4.69, 9.17) is 4.98 Å². The van der Waals surface area contributed by atoms with Crippen LogP contribution in [0, 0.1) is 20.8 Å². The summed E-state index contributed by atoms with van der Waals surface area (Å²) >= 11 is 3.72. The smallest absolute Gasteiger partial charge is 0.225 e. The Morgan fingerprint density at radius 2 is 2.19 bits per heavy atom. The number of aryl methyl sites for hydroxylation is 1. The fraction of sp³-hybridized carbons (Fsp3) is 0.350. The number of thioether (sulfide) groups is 1. The molecule has 0 aliphatic heterocycles. The highest BCUT2D eigenvalue weighted by atomic mass is 127. The van der Waals surface area contributed by atoms with Crippen LogP contribution in [-0.2, 0) is 17.6 Å². The second-order valence-corrected chi connectivity index (χ2v) is 8.89. The molecule has 0 saturated heterocycles. The van der Waals surface area contributed by atoms with Crippen LogP contribution in [0.2, 0.25) is 0 Å². The van der Waals surface area contributed by atoms with E-state index in [1.54, 1.807) is 0 Å². The molecule has 1 aliphatic carbocycles. The summed E-state index contributed by atoms with van der Waals surface area (Å²) in [6.07, 6.45) is 3.51. The monoisotopic (exact) mass is 477 g/mol. The van der Waals surface area contributed by atoms with Crippen LogP contribution in [0.5, 0.6) is 0 Å². The summed E-state index contributed by atoms with van der Waals surface area (Å²) in [5.74, 6) is 1.23. The number of hydrogen-bond donors (Lipinski definition) is 1. The van der Waals surface area contributed by atoms with E-state index in [0.717, 1.165) is 39.2 Å². The van der Waals surface area contributed by atoms with Gasteiger partial charge in [0.25, 0.3) is 0 Å². The van der Waals surface area contributed by atoms with Gasteiger partial charge in [0.05, 0.1) is 5.56 Å². The van der Waals surface area contributed by atoms with Crippen molar-refractivity contribution < 1.29 is 4.79 Å². The van der Waals surface area contributed by atoms with Gasteiger partial charge in [0.15, 0.2) is 0 Å². The minimum absolute atomic E-state index is 0.0241. The lowest BCUT2D eigenvalue weighted by Gasteiger charge is -2.21. The average molecular weight is 477 g/mol. The van der Waals surface area contributed by atoms with Gasteiger partial charge in [-0.3, -0.25) is 4.79 Å². The van der Waals surface area contributed by atoms with E-state index in [1.807, 2.05) is 30.3 Å². The predicted octanol–water partition coefficient (Wildman–Crippen LogP) is 4.80. The maximum absolute atomic E-state index is 12.1. The number of nitrogens with one attached hydrogen (secondary N) is 1. The molecule has 4 nitrogen and oxygen atoms in total. The Hall–Kier alpha value is -1.59. The molecule has 1 aliphatic rings. The van der Waals surface area contributed by atoms with Gasteiger partial charge in [0, 0.05) is 27.1 Å². The molecule has 1 amide bonds. The first kappa shape index (κ1) is 19.2. The Balaban J connectivity index is 1.58. The molecule has 0 radical (unpaired) electrons. The van der Waals surface area contributed by atoms with Crippen LogP contribution < -0.4 is 5.32 Å². The summed E-state index contributed by atoms with van der Waals surface area (Å²) in [6, 6.07) is 12.0. The molecule has 1 atom stereocenters. The summed E-state index contributed by atoms with van der Waals surface area (Å²) < 4.78 is 1.13. The number of nitriles is 1. The highest BCUT2D eigenvalue weighted by Crippen LogP contribution is 2.29. The van der Waals surface area contributed by atoms with Crippen molar-refractivity contribution in [1.82, 2.24) is 4.98 Å². The van der Waals surface area contributed by atoms with E-state index in [1.165, 1.54) is 17.3 Å². The second kappa shape index (κ2) is 8.87. The Labute approximate surface area is 171 Å². The van der Waals surface area contributed by atoms with Crippen LogP contribution in [0.1, 0.15) is 36.6 Å². The van der Waals surface area contributed by atoms with E-state index >= 15 is 0 Å². The van der Waals surface area contributed by atoms with E-state index in [-0.39, 0.29) is 5.91 Å². The molecule has 1 heterocycles. The maximum atomic E-state index is 12.1. The number of rotatable bonds is 5. The van der Waals surface area contributed by atoms with Crippen LogP contribution in [0.15, 0.2) is 35.4 Å². The Morgan fingerprint density at radius 3 is 2.92 bits per heavy atom. The fourth-order valence-corrected chi connectivity index (χ4v) is 4.29. The van der Waals surface area contributed by atoms with Crippen molar-refractivity contribution in [2.75, 3.05) is 11.1 Å². The molecule has 1 unspecified atom stereocenters. The zero-order valence-electron chi connectivity index (χ0n) is 14.6. The molecular weight excluding hydrogens is 457 g/mol. The summed E-state index contributed by atoms with van der Waals surface area (Å²) in [7, 11) is 0. The molecule has 1 N–H and O–H groups in total.